The second-order valence-electron chi connectivity index (χ2n) is 6.46. The molecule has 2 aromatic rings. The molecule has 116 valence electrons. The van der Waals surface area contributed by atoms with Gasteiger partial charge in [-0.15, -0.1) is 0 Å². The molecule has 1 saturated heterocycles. The molecule has 1 atom stereocenters. The lowest BCUT2D eigenvalue weighted by molar-refractivity contribution is -0.0494. The second-order valence-corrected chi connectivity index (χ2v) is 6.46. The van der Waals surface area contributed by atoms with E-state index in [9.17, 15) is 0 Å². The number of benzene rings is 1. The Morgan fingerprint density at radius 3 is 2.77 bits per heavy atom. The van der Waals surface area contributed by atoms with Crippen molar-refractivity contribution in [1.29, 1.82) is 0 Å². The lowest BCUT2D eigenvalue weighted by atomic mass is 9.90. The topological polar surface area (TPSA) is 41.1 Å². The molecule has 1 unspecified atom stereocenters. The number of aromatic amines is 1. The molecule has 2 heterocycles. The zero-order chi connectivity index (χ0) is 14.9. The van der Waals surface area contributed by atoms with Gasteiger partial charge in [0.15, 0.2) is 0 Å². The number of hydrogen-bond donors (Lipinski definition) is 1. The zero-order valence-electron chi connectivity index (χ0n) is 13.1. The third kappa shape index (κ3) is 2.57. The van der Waals surface area contributed by atoms with Gasteiger partial charge in [0.05, 0.1) is 31.1 Å². The molecule has 0 radical (unpaired) electrons. The van der Waals surface area contributed by atoms with E-state index in [0.29, 0.717) is 0 Å². The van der Waals surface area contributed by atoms with Crippen LogP contribution in [-0.2, 0) is 4.74 Å². The molecule has 1 saturated carbocycles. The summed E-state index contributed by atoms with van der Waals surface area (Å²) in [6, 6.07) is 9.57. The molecule has 4 rings (SSSR count). The summed E-state index contributed by atoms with van der Waals surface area (Å²) in [5, 5.41) is 0. The average Bonchev–Trinajstić information content (AvgIpc) is 2.96. The molecule has 22 heavy (non-hydrogen) atoms. The molecule has 1 aromatic carbocycles. The minimum Gasteiger partial charge on any atom is -0.378 e. The van der Waals surface area contributed by atoms with Crippen molar-refractivity contribution < 1.29 is 4.74 Å². The van der Waals surface area contributed by atoms with Crippen LogP contribution in [0.1, 0.15) is 36.7 Å². The molecule has 4 heteroatoms. The molecule has 0 amide bonds. The van der Waals surface area contributed by atoms with Gasteiger partial charge >= 0.3 is 0 Å². The van der Waals surface area contributed by atoms with Crippen LogP contribution in [0.5, 0.6) is 0 Å². The molecule has 1 aliphatic heterocycles. The van der Waals surface area contributed by atoms with Crippen LogP contribution in [0.25, 0.3) is 11.3 Å². The number of H-pyrrole nitrogens is 1. The maximum atomic E-state index is 5.71. The minimum atomic E-state index is 0.276. The highest BCUT2D eigenvalue weighted by atomic mass is 16.5. The highest BCUT2D eigenvalue weighted by Gasteiger charge is 2.34. The van der Waals surface area contributed by atoms with Gasteiger partial charge < -0.3 is 9.72 Å². The number of morpholine rings is 1. The molecule has 4 nitrogen and oxygen atoms in total. The summed E-state index contributed by atoms with van der Waals surface area (Å²) in [5.41, 5.74) is 3.56. The second kappa shape index (κ2) is 5.86. The van der Waals surface area contributed by atoms with E-state index in [1.807, 2.05) is 6.20 Å². The monoisotopic (exact) mass is 297 g/mol. The Bertz CT molecular complexity index is 630. The fourth-order valence-electron chi connectivity index (χ4n) is 3.39. The van der Waals surface area contributed by atoms with E-state index in [4.69, 9.17) is 4.74 Å². The molecular formula is C18H23N3O. The van der Waals surface area contributed by atoms with Crippen molar-refractivity contribution in [1.82, 2.24) is 14.9 Å². The Labute approximate surface area is 131 Å². The van der Waals surface area contributed by atoms with Gasteiger partial charge in [-0.2, -0.15) is 0 Å². The van der Waals surface area contributed by atoms with Gasteiger partial charge in [-0.25, -0.2) is 4.98 Å². The summed E-state index contributed by atoms with van der Waals surface area (Å²) >= 11 is 0. The lowest BCUT2D eigenvalue weighted by Gasteiger charge is -2.44. The fraction of sp³-hybridized carbons (Fsp3) is 0.500. The van der Waals surface area contributed by atoms with Gasteiger partial charge in [-0.05, 0) is 25.3 Å². The summed E-state index contributed by atoms with van der Waals surface area (Å²) in [7, 11) is 0. The Morgan fingerprint density at radius 2 is 2.05 bits per heavy atom. The number of aromatic nitrogens is 2. The average molecular weight is 297 g/mol. The van der Waals surface area contributed by atoms with E-state index < -0.39 is 0 Å². The van der Waals surface area contributed by atoms with Crippen molar-refractivity contribution in [2.45, 2.75) is 38.3 Å². The Morgan fingerprint density at radius 1 is 1.23 bits per heavy atom. The SMILES string of the molecule is Cc1ccc(-c2cnc(C3COCCN3C3CCC3)[nH]2)cc1. The zero-order valence-corrected chi connectivity index (χ0v) is 13.1. The Balaban J connectivity index is 1.57. The summed E-state index contributed by atoms with van der Waals surface area (Å²) < 4.78 is 5.71. The number of hydrogen-bond acceptors (Lipinski definition) is 3. The van der Waals surface area contributed by atoms with Crippen LogP contribution in [0.4, 0.5) is 0 Å². The molecule has 1 aromatic heterocycles. The maximum absolute atomic E-state index is 5.71. The third-order valence-corrected chi connectivity index (χ3v) is 4.99. The van der Waals surface area contributed by atoms with E-state index in [1.165, 1.54) is 30.4 Å². The van der Waals surface area contributed by atoms with Crippen molar-refractivity contribution in [2.75, 3.05) is 19.8 Å². The standard InChI is InChI=1S/C18H23N3O/c1-13-5-7-14(8-6-13)16-11-19-18(20-16)17-12-22-10-9-21(17)15-3-2-4-15/h5-8,11,15,17H,2-4,9-10,12H2,1H3,(H,19,20). The largest absolute Gasteiger partial charge is 0.378 e. The number of nitrogens with one attached hydrogen (secondary N) is 1. The number of aryl methyl sites for hydroxylation is 1. The van der Waals surface area contributed by atoms with Crippen molar-refractivity contribution in [3.05, 3.63) is 41.9 Å². The Hall–Kier alpha value is -1.65. The normalized spacial score (nSPS) is 23.4. The predicted octanol–water partition coefficient (Wildman–Crippen LogP) is 3.31. The van der Waals surface area contributed by atoms with Crippen LogP contribution >= 0.6 is 0 Å². The first-order valence-electron chi connectivity index (χ1n) is 8.27. The highest BCUT2D eigenvalue weighted by molar-refractivity contribution is 5.58. The molecule has 2 fully saturated rings. The first-order valence-corrected chi connectivity index (χ1v) is 8.27. The predicted molar refractivity (Wildman–Crippen MR) is 86.7 cm³/mol. The summed E-state index contributed by atoms with van der Waals surface area (Å²) in [6.07, 6.45) is 5.96. The molecule has 1 aliphatic carbocycles. The smallest absolute Gasteiger partial charge is 0.126 e. The van der Waals surface area contributed by atoms with Crippen LogP contribution in [-0.4, -0.2) is 40.7 Å². The molecule has 2 aliphatic rings. The molecular weight excluding hydrogens is 274 g/mol. The lowest BCUT2D eigenvalue weighted by Crippen LogP contribution is -2.48. The van der Waals surface area contributed by atoms with Crippen molar-refractivity contribution in [3.8, 4) is 11.3 Å². The molecule has 0 spiro atoms. The summed E-state index contributed by atoms with van der Waals surface area (Å²) in [4.78, 5) is 10.8. The van der Waals surface area contributed by atoms with Gasteiger partial charge in [-0.1, -0.05) is 36.2 Å². The quantitative estimate of drug-likeness (QED) is 0.945. The van der Waals surface area contributed by atoms with Crippen LogP contribution in [0, 0.1) is 6.92 Å². The van der Waals surface area contributed by atoms with E-state index in [0.717, 1.165) is 37.3 Å². The van der Waals surface area contributed by atoms with E-state index in [2.05, 4.69) is 46.1 Å². The van der Waals surface area contributed by atoms with Crippen LogP contribution in [0.15, 0.2) is 30.5 Å². The van der Waals surface area contributed by atoms with Crippen LogP contribution in [0.2, 0.25) is 0 Å². The number of rotatable bonds is 3. The van der Waals surface area contributed by atoms with E-state index >= 15 is 0 Å². The minimum absolute atomic E-state index is 0.276. The highest BCUT2D eigenvalue weighted by Crippen LogP contribution is 2.33. The number of imidazole rings is 1. The third-order valence-electron chi connectivity index (χ3n) is 4.99. The maximum Gasteiger partial charge on any atom is 0.126 e. The first kappa shape index (κ1) is 14.0. The number of ether oxygens (including phenoxy) is 1. The van der Waals surface area contributed by atoms with Gasteiger partial charge in [0.25, 0.3) is 0 Å². The van der Waals surface area contributed by atoms with Crippen molar-refractivity contribution in [2.24, 2.45) is 0 Å². The fourth-order valence-corrected chi connectivity index (χ4v) is 3.39. The van der Waals surface area contributed by atoms with Gasteiger partial charge in [0.2, 0.25) is 0 Å². The van der Waals surface area contributed by atoms with Crippen molar-refractivity contribution >= 4 is 0 Å². The summed E-state index contributed by atoms with van der Waals surface area (Å²) in [6.45, 7) is 4.73. The first-order chi connectivity index (χ1) is 10.8. The van der Waals surface area contributed by atoms with Gasteiger partial charge in [0.1, 0.15) is 5.82 Å². The number of nitrogens with zero attached hydrogens (tertiary/aromatic N) is 2. The summed E-state index contributed by atoms with van der Waals surface area (Å²) in [5.74, 6) is 1.04. The Kier molecular flexibility index (Phi) is 3.72. The van der Waals surface area contributed by atoms with E-state index in [-0.39, 0.29) is 6.04 Å². The van der Waals surface area contributed by atoms with Crippen molar-refractivity contribution in [3.63, 3.8) is 0 Å². The van der Waals surface area contributed by atoms with E-state index in [1.54, 1.807) is 0 Å². The molecule has 0 bridgehead atoms. The van der Waals surface area contributed by atoms with Gasteiger partial charge in [-0.3, -0.25) is 4.90 Å². The van der Waals surface area contributed by atoms with Crippen LogP contribution < -0.4 is 0 Å². The molecule has 1 N–H and O–H groups in total. The van der Waals surface area contributed by atoms with Gasteiger partial charge in [0, 0.05) is 12.6 Å². The van der Waals surface area contributed by atoms with Crippen LogP contribution in [0.3, 0.4) is 0 Å².